The van der Waals surface area contributed by atoms with Crippen LogP contribution in [0.1, 0.15) is 37.6 Å². The first kappa shape index (κ1) is 19.5. The number of rotatable bonds is 4. The average molecular weight is 409 g/mol. The number of piperazine rings is 1. The number of aromatic amines is 1. The molecule has 10 nitrogen and oxygen atoms in total. The first-order valence-electron chi connectivity index (χ1n) is 9.53. The van der Waals surface area contributed by atoms with Gasteiger partial charge in [-0.1, -0.05) is 12.1 Å². The van der Waals surface area contributed by atoms with Crippen molar-refractivity contribution >= 4 is 23.6 Å². The van der Waals surface area contributed by atoms with Crippen molar-refractivity contribution in [2.24, 2.45) is 0 Å². The molecule has 2 aliphatic rings. The molecule has 2 aromatic rings. The van der Waals surface area contributed by atoms with Crippen LogP contribution in [-0.2, 0) is 4.79 Å². The van der Waals surface area contributed by atoms with Crippen molar-refractivity contribution in [2.45, 2.75) is 6.42 Å². The summed E-state index contributed by atoms with van der Waals surface area (Å²) in [4.78, 5) is 65.1. The first-order valence-corrected chi connectivity index (χ1v) is 9.53. The SMILES string of the molecule is O=C(CCN1C(=O)c2ccccc2C1=O)N1CCN(C(=O)c2ccc(=O)[nH]n2)CC1. The van der Waals surface area contributed by atoms with Gasteiger partial charge >= 0.3 is 0 Å². The van der Waals surface area contributed by atoms with Gasteiger partial charge in [0, 0.05) is 45.2 Å². The Morgan fingerprint density at radius 1 is 0.867 bits per heavy atom. The van der Waals surface area contributed by atoms with Gasteiger partial charge in [-0.05, 0) is 18.2 Å². The Bertz CT molecular complexity index is 1030. The fourth-order valence-electron chi connectivity index (χ4n) is 3.59. The van der Waals surface area contributed by atoms with Gasteiger partial charge in [0.1, 0.15) is 5.69 Å². The monoisotopic (exact) mass is 409 g/mol. The molecule has 4 rings (SSSR count). The second-order valence-corrected chi connectivity index (χ2v) is 7.04. The van der Waals surface area contributed by atoms with Crippen LogP contribution in [-0.4, -0.2) is 81.2 Å². The molecule has 0 saturated carbocycles. The Hall–Kier alpha value is -3.82. The third-order valence-corrected chi connectivity index (χ3v) is 5.25. The zero-order valence-electron chi connectivity index (χ0n) is 16.0. The fourth-order valence-corrected chi connectivity index (χ4v) is 3.59. The predicted molar refractivity (Wildman–Crippen MR) is 104 cm³/mol. The molecule has 1 saturated heterocycles. The standard InChI is InChI=1S/C20H19N5O5/c26-16-6-5-15(21-22-16)20(30)24-11-9-23(10-12-24)17(27)7-8-25-18(28)13-3-1-2-4-14(13)19(25)29/h1-6H,7-12H2,(H,22,26). The van der Waals surface area contributed by atoms with E-state index in [9.17, 15) is 24.0 Å². The lowest BCUT2D eigenvalue weighted by atomic mass is 10.1. The molecule has 10 heteroatoms. The summed E-state index contributed by atoms with van der Waals surface area (Å²) in [6.45, 7) is 1.37. The number of nitrogens with zero attached hydrogens (tertiary/aromatic N) is 4. The molecule has 0 unspecified atom stereocenters. The summed E-state index contributed by atoms with van der Waals surface area (Å²) < 4.78 is 0. The molecule has 1 N–H and O–H groups in total. The van der Waals surface area contributed by atoms with E-state index in [-0.39, 0.29) is 47.8 Å². The maximum Gasteiger partial charge on any atom is 0.274 e. The normalized spacial score (nSPS) is 16.1. The molecular formula is C20H19N5O5. The van der Waals surface area contributed by atoms with Crippen molar-refractivity contribution in [3.8, 4) is 0 Å². The van der Waals surface area contributed by atoms with Gasteiger partial charge in [0.05, 0.1) is 11.1 Å². The van der Waals surface area contributed by atoms with Crippen molar-refractivity contribution in [2.75, 3.05) is 32.7 Å². The van der Waals surface area contributed by atoms with E-state index in [1.54, 1.807) is 34.1 Å². The predicted octanol–water partition coefficient (Wildman–Crippen LogP) is -0.259. The smallest absolute Gasteiger partial charge is 0.274 e. The van der Waals surface area contributed by atoms with Crippen LogP contribution in [0.3, 0.4) is 0 Å². The van der Waals surface area contributed by atoms with Gasteiger partial charge in [0.25, 0.3) is 23.3 Å². The van der Waals surface area contributed by atoms with Gasteiger partial charge in [0.2, 0.25) is 5.91 Å². The Morgan fingerprint density at radius 3 is 2.03 bits per heavy atom. The Labute approximate surface area is 171 Å². The van der Waals surface area contributed by atoms with E-state index in [0.29, 0.717) is 37.3 Å². The summed E-state index contributed by atoms with van der Waals surface area (Å²) >= 11 is 0. The van der Waals surface area contributed by atoms with Gasteiger partial charge < -0.3 is 9.80 Å². The third-order valence-electron chi connectivity index (χ3n) is 5.25. The molecule has 0 aliphatic carbocycles. The zero-order chi connectivity index (χ0) is 21.3. The van der Waals surface area contributed by atoms with Crippen LogP contribution in [0, 0.1) is 0 Å². The number of fused-ring (bicyclic) bond motifs is 1. The number of hydrogen-bond acceptors (Lipinski definition) is 6. The largest absolute Gasteiger partial charge is 0.339 e. The van der Waals surface area contributed by atoms with Crippen LogP contribution in [0.25, 0.3) is 0 Å². The van der Waals surface area contributed by atoms with E-state index in [1.807, 2.05) is 0 Å². The highest BCUT2D eigenvalue weighted by Crippen LogP contribution is 2.22. The molecule has 0 atom stereocenters. The van der Waals surface area contributed by atoms with Crippen LogP contribution in [0.5, 0.6) is 0 Å². The number of carbonyl (C=O) groups is 4. The van der Waals surface area contributed by atoms with Gasteiger partial charge in [0.15, 0.2) is 0 Å². The zero-order valence-corrected chi connectivity index (χ0v) is 16.0. The quantitative estimate of drug-likeness (QED) is 0.694. The highest BCUT2D eigenvalue weighted by atomic mass is 16.2. The van der Waals surface area contributed by atoms with Crippen LogP contribution >= 0.6 is 0 Å². The topological polar surface area (TPSA) is 124 Å². The highest BCUT2D eigenvalue weighted by molar-refractivity contribution is 6.21. The van der Waals surface area contributed by atoms with Crippen molar-refractivity contribution in [1.82, 2.24) is 24.9 Å². The van der Waals surface area contributed by atoms with Gasteiger partial charge in [-0.15, -0.1) is 0 Å². The molecule has 0 bridgehead atoms. The number of benzene rings is 1. The summed E-state index contributed by atoms with van der Waals surface area (Å²) in [5.74, 6) is -1.26. The summed E-state index contributed by atoms with van der Waals surface area (Å²) in [7, 11) is 0. The second kappa shape index (κ2) is 7.90. The maximum absolute atomic E-state index is 12.5. The lowest BCUT2D eigenvalue weighted by Gasteiger charge is -2.34. The molecule has 0 spiro atoms. The minimum atomic E-state index is -0.389. The van der Waals surface area contributed by atoms with Gasteiger partial charge in [-0.3, -0.25) is 28.9 Å². The molecule has 1 aromatic heterocycles. The minimum Gasteiger partial charge on any atom is -0.339 e. The number of aromatic nitrogens is 2. The molecule has 154 valence electrons. The molecule has 3 heterocycles. The molecular weight excluding hydrogens is 390 g/mol. The fraction of sp³-hybridized carbons (Fsp3) is 0.300. The second-order valence-electron chi connectivity index (χ2n) is 7.04. The van der Waals surface area contributed by atoms with Crippen LogP contribution in [0.4, 0.5) is 0 Å². The van der Waals surface area contributed by atoms with Crippen LogP contribution in [0.2, 0.25) is 0 Å². The minimum absolute atomic E-state index is 0.0195. The first-order chi connectivity index (χ1) is 14.5. The summed E-state index contributed by atoms with van der Waals surface area (Å²) in [6, 6.07) is 9.19. The number of imide groups is 1. The molecule has 0 radical (unpaired) electrons. The maximum atomic E-state index is 12.5. The van der Waals surface area contributed by atoms with Crippen molar-refractivity contribution in [3.63, 3.8) is 0 Å². The number of H-pyrrole nitrogens is 1. The number of hydrogen-bond donors (Lipinski definition) is 1. The summed E-state index contributed by atoms with van der Waals surface area (Å²) in [5, 5.41) is 5.96. The van der Waals surface area contributed by atoms with E-state index < -0.39 is 0 Å². The van der Waals surface area contributed by atoms with E-state index in [0.717, 1.165) is 4.90 Å². The number of carbonyl (C=O) groups excluding carboxylic acids is 4. The molecule has 30 heavy (non-hydrogen) atoms. The van der Waals surface area contributed by atoms with Crippen LogP contribution < -0.4 is 5.56 Å². The molecule has 1 aromatic carbocycles. The van der Waals surface area contributed by atoms with Crippen LogP contribution in [0.15, 0.2) is 41.2 Å². The van der Waals surface area contributed by atoms with Crippen molar-refractivity contribution < 1.29 is 19.2 Å². The van der Waals surface area contributed by atoms with E-state index in [1.165, 1.54) is 12.1 Å². The lowest BCUT2D eigenvalue weighted by molar-refractivity contribution is -0.132. The van der Waals surface area contributed by atoms with Gasteiger partial charge in [-0.2, -0.15) is 5.10 Å². The van der Waals surface area contributed by atoms with E-state index in [2.05, 4.69) is 10.2 Å². The summed E-state index contributed by atoms with van der Waals surface area (Å²) in [6.07, 6.45) is 0.0287. The Kier molecular flexibility index (Phi) is 5.13. The number of nitrogens with one attached hydrogen (secondary N) is 1. The molecule has 4 amide bonds. The molecule has 1 fully saturated rings. The van der Waals surface area contributed by atoms with Crippen molar-refractivity contribution in [3.05, 3.63) is 63.6 Å². The Balaban J connectivity index is 1.29. The average Bonchev–Trinajstić information content (AvgIpc) is 3.02. The lowest BCUT2D eigenvalue weighted by Crippen LogP contribution is -2.51. The summed E-state index contributed by atoms with van der Waals surface area (Å²) in [5.41, 5.74) is 0.468. The third kappa shape index (κ3) is 3.59. The molecule has 2 aliphatic heterocycles. The van der Waals surface area contributed by atoms with Crippen molar-refractivity contribution in [1.29, 1.82) is 0 Å². The van der Waals surface area contributed by atoms with E-state index in [4.69, 9.17) is 0 Å². The Morgan fingerprint density at radius 2 is 1.47 bits per heavy atom. The highest BCUT2D eigenvalue weighted by Gasteiger charge is 2.35. The van der Waals surface area contributed by atoms with E-state index >= 15 is 0 Å². The van der Waals surface area contributed by atoms with Gasteiger partial charge in [-0.25, -0.2) is 5.10 Å². The number of amides is 4.